The van der Waals surface area contributed by atoms with Crippen molar-refractivity contribution in [3.63, 3.8) is 0 Å². The molecule has 1 heterocycles. The van der Waals surface area contributed by atoms with Crippen LogP contribution in [-0.4, -0.2) is 24.9 Å². The summed E-state index contributed by atoms with van der Waals surface area (Å²) >= 11 is 1.69. The van der Waals surface area contributed by atoms with Gasteiger partial charge in [-0.2, -0.15) is 11.8 Å². The lowest BCUT2D eigenvalue weighted by atomic mass is 10.2. The minimum absolute atomic E-state index is 0.353. The van der Waals surface area contributed by atoms with Crippen molar-refractivity contribution in [3.8, 4) is 0 Å². The average molecular weight is 229 g/mol. The molecular weight excluding hydrogens is 214 g/mol. The molecule has 0 radical (unpaired) electrons. The van der Waals surface area contributed by atoms with E-state index in [0.717, 1.165) is 17.3 Å². The number of methoxy groups -OCH3 is 1. The van der Waals surface area contributed by atoms with Crippen LogP contribution in [0.15, 0.2) is 22.8 Å². The summed E-state index contributed by atoms with van der Waals surface area (Å²) in [7, 11) is 1.35. The molecule has 0 saturated carbocycles. The predicted octanol–water partition coefficient (Wildman–Crippen LogP) is 1.40. The van der Waals surface area contributed by atoms with Crippen LogP contribution >= 0.6 is 11.8 Å². The number of rotatable bonds is 6. The van der Waals surface area contributed by atoms with Gasteiger partial charge in [-0.3, -0.25) is 4.79 Å². The number of ether oxygens (including phenoxy) is 1. The Bertz CT molecular complexity index is 287. The number of esters is 1. The lowest BCUT2D eigenvalue weighted by Gasteiger charge is -2.07. The molecule has 0 aliphatic heterocycles. The summed E-state index contributed by atoms with van der Waals surface area (Å²) in [5.74, 6) is 2.21. The van der Waals surface area contributed by atoms with E-state index >= 15 is 0 Å². The highest BCUT2D eigenvalue weighted by Gasteiger charge is 2.12. The van der Waals surface area contributed by atoms with E-state index in [0.29, 0.717) is 6.42 Å². The lowest BCUT2D eigenvalue weighted by molar-refractivity contribution is -0.142. The van der Waals surface area contributed by atoms with Gasteiger partial charge < -0.3 is 14.9 Å². The van der Waals surface area contributed by atoms with Crippen molar-refractivity contribution in [2.24, 2.45) is 5.73 Å². The van der Waals surface area contributed by atoms with Crippen molar-refractivity contribution >= 4 is 17.7 Å². The highest BCUT2D eigenvalue weighted by atomic mass is 32.2. The van der Waals surface area contributed by atoms with Crippen molar-refractivity contribution in [3.05, 3.63) is 24.2 Å². The molecule has 1 aromatic heterocycles. The third-order valence-electron chi connectivity index (χ3n) is 1.90. The molecule has 15 heavy (non-hydrogen) atoms. The van der Waals surface area contributed by atoms with Gasteiger partial charge in [-0.1, -0.05) is 0 Å². The number of carbonyl (C=O) groups excluding carboxylic acids is 1. The van der Waals surface area contributed by atoms with Gasteiger partial charge in [-0.15, -0.1) is 0 Å². The molecule has 0 amide bonds. The van der Waals surface area contributed by atoms with Gasteiger partial charge in [0.2, 0.25) is 0 Å². The summed E-state index contributed by atoms with van der Waals surface area (Å²) < 4.78 is 9.69. The molecule has 0 aromatic carbocycles. The van der Waals surface area contributed by atoms with Crippen LogP contribution in [0, 0.1) is 0 Å². The van der Waals surface area contributed by atoms with E-state index in [9.17, 15) is 4.79 Å². The van der Waals surface area contributed by atoms with Crippen molar-refractivity contribution in [1.82, 2.24) is 0 Å². The molecule has 0 bridgehead atoms. The highest BCUT2D eigenvalue weighted by molar-refractivity contribution is 7.98. The van der Waals surface area contributed by atoms with Gasteiger partial charge in [0.1, 0.15) is 11.8 Å². The Labute approximate surface area is 93.2 Å². The fourth-order valence-corrected chi connectivity index (χ4v) is 1.98. The first-order valence-corrected chi connectivity index (χ1v) is 5.83. The third-order valence-corrected chi connectivity index (χ3v) is 2.91. The number of hydrogen-bond acceptors (Lipinski definition) is 5. The molecule has 84 valence electrons. The first-order chi connectivity index (χ1) is 7.24. The summed E-state index contributed by atoms with van der Waals surface area (Å²) in [6.07, 6.45) is 2.27. The zero-order valence-corrected chi connectivity index (χ0v) is 9.46. The van der Waals surface area contributed by atoms with Gasteiger partial charge in [0.25, 0.3) is 0 Å². The van der Waals surface area contributed by atoms with Crippen LogP contribution < -0.4 is 5.73 Å². The number of hydrogen-bond donors (Lipinski definition) is 1. The summed E-state index contributed by atoms with van der Waals surface area (Å²) in [4.78, 5) is 11.0. The maximum absolute atomic E-state index is 11.0. The Kier molecular flexibility index (Phi) is 5.28. The van der Waals surface area contributed by atoms with Gasteiger partial charge in [0, 0.05) is 0 Å². The quantitative estimate of drug-likeness (QED) is 0.590. The van der Waals surface area contributed by atoms with Gasteiger partial charge in [0.05, 0.1) is 19.1 Å². The topological polar surface area (TPSA) is 65.5 Å². The molecule has 0 aliphatic carbocycles. The van der Waals surface area contributed by atoms with Gasteiger partial charge in [-0.25, -0.2) is 0 Å². The predicted molar refractivity (Wildman–Crippen MR) is 59.5 cm³/mol. The Morgan fingerprint density at radius 2 is 2.53 bits per heavy atom. The Balaban J connectivity index is 2.09. The number of carbonyl (C=O) groups is 1. The van der Waals surface area contributed by atoms with Crippen LogP contribution in [0.2, 0.25) is 0 Å². The van der Waals surface area contributed by atoms with Gasteiger partial charge >= 0.3 is 5.97 Å². The normalized spacial score (nSPS) is 12.4. The van der Waals surface area contributed by atoms with Crippen molar-refractivity contribution < 1.29 is 13.9 Å². The summed E-state index contributed by atoms with van der Waals surface area (Å²) in [6, 6.07) is 3.27. The van der Waals surface area contributed by atoms with E-state index in [2.05, 4.69) is 4.74 Å². The van der Waals surface area contributed by atoms with Crippen molar-refractivity contribution in [2.75, 3.05) is 12.9 Å². The average Bonchev–Trinajstić information content (AvgIpc) is 2.75. The fraction of sp³-hybridized carbons (Fsp3) is 0.500. The number of furan rings is 1. The molecule has 0 fully saturated rings. The van der Waals surface area contributed by atoms with E-state index in [1.807, 2.05) is 12.1 Å². The van der Waals surface area contributed by atoms with Gasteiger partial charge in [0.15, 0.2) is 0 Å². The standard InChI is InChI=1S/C10H15NO3S/c1-13-10(12)9(11)4-6-15-7-8-3-2-5-14-8/h2-3,5,9H,4,6-7,11H2,1H3. The first-order valence-electron chi connectivity index (χ1n) is 4.67. The van der Waals surface area contributed by atoms with E-state index in [1.54, 1.807) is 18.0 Å². The number of thioether (sulfide) groups is 1. The molecular formula is C10H15NO3S. The second-order valence-electron chi connectivity index (χ2n) is 3.05. The molecule has 5 heteroatoms. The Hall–Kier alpha value is -0.940. The third kappa shape index (κ3) is 4.40. The van der Waals surface area contributed by atoms with Crippen LogP contribution in [0.3, 0.4) is 0 Å². The first kappa shape index (κ1) is 12.1. The largest absolute Gasteiger partial charge is 0.468 e. The summed E-state index contributed by atoms with van der Waals surface area (Å²) in [5.41, 5.74) is 5.58. The zero-order valence-electron chi connectivity index (χ0n) is 8.64. The molecule has 0 aliphatic rings. The van der Waals surface area contributed by atoms with Crippen LogP contribution in [0.25, 0.3) is 0 Å². The van der Waals surface area contributed by atoms with Crippen molar-refractivity contribution in [2.45, 2.75) is 18.2 Å². The second-order valence-corrected chi connectivity index (χ2v) is 4.16. The molecule has 1 aromatic rings. The minimum Gasteiger partial charge on any atom is -0.468 e. The highest BCUT2D eigenvalue weighted by Crippen LogP contribution is 2.13. The number of nitrogens with two attached hydrogens (primary N) is 1. The van der Waals surface area contributed by atoms with Gasteiger partial charge in [-0.05, 0) is 24.3 Å². The second kappa shape index (κ2) is 6.53. The monoisotopic (exact) mass is 229 g/mol. The van der Waals surface area contributed by atoms with E-state index in [4.69, 9.17) is 10.2 Å². The molecule has 0 spiro atoms. The van der Waals surface area contributed by atoms with E-state index in [-0.39, 0.29) is 5.97 Å². The van der Waals surface area contributed by atoms with E-state index < -0.39 is 6.04 Å². The molecule has 1 rings (SSSR count). The molecule has 1 atom stereocenters. The smallest absolute Gasteiger partial charge is 0.322 e. The van der Waals surface area contributed by atoms with Crippen LogP contribution in [0.4, 0.5) is 0 Å². The van der Waals surface area contributed by atoms with Crippen LogP contribution in [0.1, 0.15) is 12.2 Å². The molecule has 4 nitrogen and oxygen atoms in total. The van der Waals surface area contributed by atoms with Crippen molar-refractivity contribution in [1.29, 1.82) is 0 Å². The zero-order chi connectivity index (χ0) is 11.1. The SMILES string of the molecule is COC(=O)C(N)CCSCc1ccco1. The van der Waals surface area contributed by atoms with E-state index in [1.165, 1.54) is 7.11 Å². The maximum atomic E-state index is 11.0. The Morgan fingerprint density at radius 3 is 3.13 bits per heavy atom. The molecule has 1 unspecified atom stereocenters. The lowest BCUT2D eigenvalue weighted by Crippen LogP contribution is -2.31. The van der Waals surface area contributed by atoms with Crippen LogP contribution in [-0.2, 0) is 15.3 Å². The summed E-state index contributed by atoms with van der Waals surface area (Å²) in [5, 5.41) is 0. The molecule has 0 saturated heterocycles. The molecule has 2 N–H and O–H groups in total. The van der Waals surface area contributed by atoms with Crippen LogP contribution in [0.5, 0.6) is 0 Å². The Morgan fingerprint density at radius 1 is 1.73 bits per heavy atom. The fourth-order valence-electron chi connectivity index (χ4n) is 1.05. The summed E-state index contributed by atoms with van der Waals surface area (Å²) in [6.45, 7) is 0. The minimum atomic E-state index is -0.515. The maximum Gasteiger partial charge on any atom is 0.322 e.